The molecule has 8 nitrogen and oxygen atoms in total. The van der Waals surface area contributed by atoms with Gasteiger partial charge in [-0.25, -0.2) is 9.18 Å². The molecule has 2 amide bonds. The van der Waals surface area contributed by atoms with Crippen molar-refractivity contribution in [2.75, 3.05) is 31.1 Å². The Balaban J connectivity index is 1.47. The largest absolute Gasteiger partial charge is 0.339 e. The number of carbonyl (C=O) groups excluding carboxylic acids is 1. The van der Waals surface area contributed by atoms with Gasteiger partial charge in [-0.2, -0.15) is 10.3 Å². The molecule has 0 radical (unpaired) electrons. The maximum Gasteiger partial charge on any atom is 0.325 e. The fraction of sp³-hybridized carbons (Fsp3) is 0.389. The second kappa shape index (κ2) is 7.56. The van der Waals surface area contributed by atoms with Crippen LogP contribution in [0.25, 0.3) is 0 Å². The van der Waals surface area contributed by atoms with Crippen molar-refractivity contribution in [2.24, 2.45) is 4.99 Å². The zero-order chi connectivity index (χ0) is 19.7. The van der Waals surface area contributed by atoms with E-state index in [0.717, 1.165) is 19.4 Å². The topological polar surface area (TPSA) is 87.0 Å². The third-order valence-electron chi connectivity index (χ3n) is 5.14. The highest BCUT2D eigenvalue weighted by atomic mass is 35.5. The second-order valence-corrected chi connectivity index (χ2v) is 7.14. The number of urea groups is 1. The van der Waals surface area contributed by atoms with Crippen molar-refractivity contribution in [3.8, 4) is 6.07 Å². The molecule has 0 aromatic heterocycles. The maximum atomic E-state index is 14.1. The summed E-state index contributed by atoms with van der Waals surface area (Å²) in [5, 5.41) is 9.06. The van der Waals surface area contributed by atoms with E-state index in [2.05, 4.69) is 15.8 Å². The number of likely N-dealkylation sites (tertiary alicyclic amines) is 1. The van der Waals surface area contributed by atoms with Gasteiger partial charge in [0, 0.05) is 26.2 Å². The number of aliphatic imine (C=N–C) groups is 1. The summed E-state index contributed by atoms with van der Waals surface area (Å²) in [7, 11) is 0. The summed E-state index contributed by atoms with van der Waals surface area (Å²) < 4.78 is 14.1. The lowest BCUT2D eigenvalue weighted by molar-refractivity contribution is 0.159. The van der Waals surface area contributed by atoms with E-state index in [1.54, 1.807) is 23.1 Å². The van der Waals surface area contributed by atoms with Crippen molar-refractivity contribution in [1.29, 1.82) is 5.26 Å². The molecule has 10 heteroatoms. The average Bonchev–Trinajstić information content (AvgIpc) is 3.09. The summed E-state index contributed by atoms with van der Waals surface area (Å²) in [6.07, 6.45) is 1.74. The SMILES string of the molecule is N#CC1=C(Cl)N=C(N2CCCC(N3CCN(c4ccccc4F)C3=O)C2)NN1. The molecule has 0 bridgehead atoms. The summed E-state index contributed by atoms with van der Waals surface area (Å²) in [6, 6.07) is 8.05. The number of para-hydroxylation sites is 1. The maximum absolute atomic E-state index is 14.1. The van der Waals surface area contributed by atoms with E-state index in [4.69, 9.17) is 16.9 Å². The number of benzene rings is 1. The zero-order valence-electron chi connectivity index (χ0n) is 15.0. The molecule has 3 heterocycles. The lowest BCUT2D eigenvalue weighted by Gasteiger charge is -2.39. The third-order valence-corrected chi connectivity index (χ3v) is 5.42. The van der Waals surface area contributed by atoms with Gasteiger partial charge in [-0.1, -0.05) is 23.7 Å². The van der Waals surface area contributed by atoms with Gasteiger partial charge in [0.1, 0.15) is 11.9 Å². The van der Waals surface area contributed by atoms with Crippen molar-refractivity contribution >= 4 is 29.3 Å². The molecular formula is C18H19ClFN7O. The van der Waals surface area contributed by atoms with Crippen LogP contribution in [0.5, 0.6) is 0 Å². The number of amides is 2. The van der Waals surface area contributed by atoms with E-state index in [1.165, 1.54) is 11.0 Å². The molecule has 3 aliphatic rings. The first-order valence-electron chi connectivity index (χ1n) is 9.06. The van der Waals surface area contributed by atoms with Crippen molar-refractivity contribution in [2.45, 2.75) is 18.9 Å². The van der Waals surface area contributed by atoms with E-state index in [0.29, 0.717) is 31.3 Å². The van der Waals surface area contributed by atoms with Gasteiger partial charge in [0.15, 0.2) is 10.9 Å². The monoisotopic (exact) mass is 403 g/mol. The summed E-state index contributed by atoms with van der Waals surface area (Å²) in [5.41, 5.74) is 6.08. The lowest BCUT2D eigenvalue weighted by Crippen LogP contribution is -2.56. The predicted octanol–water partition coefficient (Wildman–Crippen LogP) is 1.93. The van der Waals surface area contributed by atoms with Crippen LogP contribution in [0, 0.1) is 17.1 Å². The number of hydrogen-bond acceptors (Lipinski definition) is 6. The van der Waals surface area contributed by atoms with Gasteiger partial charge in [-0.3, -0.25) is 15.8 Å². The second-order valence-electron chi connectivity index (χ2n) is 6.78. The Morgan fingerprint density at radius 3 is 2.82 bits per heavy atom. The molecule has 0 saturated carbocycles. The van der Waals surface area contributed by atoms with Crippen molar-refractivity contribution in [3.63, 3.8) is 0 Å². The molecule has 1 aromatic carbocycles. The van der Waals surface area contributed by atoms with Crippen LogP contribution in [0.4, 0.5) is 14.9 Å². The first kappa shape index (κ1) is 18.4. The van der Waals surface area contributed by atoms with Crippen LogP contribution in [0.1, 0.15) is 12.8 Å². The Morgan fingerprint density at radius 1 is 1.25 bits per heavy atom. The highest BCUT2D eigenvalue weighted by Crippen LogP contribution is 2.27. The van der Waals surface area contributed by atoms with Gasteiger partial charge in [-0.05, 0) is 25.0 Å². The number of rotatable bonds is 2. The Labute approximate surface area is 166 Å². The molecule has 2 fully saturated rings. The normalized spacial score (nSPS) is 22.6. The van der Waals surface area contributed by atoms with Gasteiger partial charge in [0.2, 0.25) is 5.96 Å². The average molecular weight is 404 g/mol. The van der Waals surface area contributed by atoms with Crippen LogP contribution in [-0.2, 0) is 0 Å². The van der Waals surface area contributed by atoms with Gasteiger partial charge >= 0.3 is 6.03 Å². The summed E-state index contributed by atoms with van der Waals surface area (Å²) >= 11 is 6.02. The molecule has 0 aliphatic carbocycles. The smallest absolute Gasteiger partial charge is 0.325 e. The number of halogens is 2. The van der Waals surface area contributed by atoms with E-state index < -0.39 is 5.82 Å². The van der Waals surface area contributed by atoms with Crippen LogP contribution < -0.4 is 15.8 Å². The Kier molecular flexibility index (Phi) is 4.96. The van der Waals surface area contributed by atoms with E-state index in [1.807, 2.05) is 11.0 Å². The molecule has 1 atom stereocenters. The van der Waals surface area contributed by atoms with Crippen molar-refractivity contribution < 1.29 is 9.18 Å². The first-order valence-corrected chi connectivity index (χ1v) is 9.44. The van der Waals surface area contributed by atoms with Crippen molar-refractivity contribution in [1.82, 2.24) is 20.7 Å². The first-order chi connectivity index (χ1) is 13.6. The number of hydrazine groups is 1. The molecule has 3 aliphatic heterocycles. The minimum absolute atomic E-state index is 0.0114. The van der Waals surface area contributed by atoms with Crippen molar-refractivity contribution in [3.05, 3.63) is 40.9 Å². The van der Waals surface area contributed by atoms with Gasteiger partial charge in [0.05, 0.1) is 11.7 Å². The van der Waals surface area contributed by atoms with Crippen LogP contribution >= 0.6 is 11.6 Å². The molecule has 146 valence electrons. The van der Waals surface area contributed by atoms with Gasteiger partial charge in [-0.15, -0.1) is 0 Å². The summed E-state index contributed by atoms with van der Waals surface area (Å²) in [6.45, 7) is 2.34. The van der Waals surface area contributed by atoms with Crippen LogP contribution in [0.15, 0.2) is 40.1 Å². The molecule has 0 spiro atoms. The zero-order valence-corrected chi connectivity index (χ0v) is 15.8. The van der Waals surface area contributed by atoms with E-state index in [9.17, 15) is 9.18 Å². The molecule has 1 aromatic rings. The number of nitrogens with one attached hydrogen (secondary N) is 2. The number of hydrogen-bond donors (Lipinski definition) is 2. The molecule has 2 N–H and O–H groups in total. The number of nitriles is 1. The van der Waals surface area contributed by atoms with E-state index in [-0.39, 0.29) is 22.9 Å². The number of allylic oxidation sites excluding steroid dienone is 1. The highest BCUT2D eigenvalue weighted by Gasteiger charge is 2.38. The standard InChI is InChI=1S/C18H19ClFN7O/c19-16-14(10-21)23-24-17(22-16)25-7-3-4-12(11-25)26-8-9-27(18(26)28)15-6-2-1-5-13(15)20/h1-2,5-6,12,23H,3-4,7-9,11H2,(H,22,24). The number of piperidine rings is 1. The number of carbonyl (C=O) groups is 1. The highest BCUT2D eigenvalue weighted by molar-refractivity contribution is 6.30. The third kappa shape index (κ3) is 3.31. The molecule has 4 rings (SSSR count). The van der Waals surface area contributed by atoms with Gasteiger partial charge in [0.25, 0.3) is 0 Å². The molecular weight excluding hydrogens is 385 g/mol. The van der Waals surface area contributed by atoms with Gasteiger partial charge < -0.3 is 9.80 Å². The van der Waals surface area contributed by atoms with Crippen LogP contribution in [-0.4, -0.2) is 54.0 Å². The minimum Gasteiger partial charge on any atom is -0.339 e. The predicted molar refractivity (Wildman–Crippen MR) is 103 cm³/mol. The molecule has 1 unspecified atom stereocenters. The van der Waals surface area contributed by atoms with Crippen LogP contribution in [0.2, 0.25) is 0 Å². The van der Waals surface area contributed by atoms with Crippen LogP contribution in [0.3, 0.4) is 0 Å². The number of nitrogens with zero attached hydrogens (tertiary/aromatic N) is 5. The quantitative estimate of drug-likeness (QED) is 0.737. The Hall–Kier alpha value is -2.99. The number of anilines is 1. The fourth-order valence-electron chi connectivity index (χ4n) is 3.76. The van der Waals surface area contributed by atoms with E-state index >= 15 is 0 Å². The summed E-state index contributed by atoms with van der Waals surface area (Å²) in [4.78, 5) is 22.4. The number of guanidine groups is 1. The Morgan fingerprint density at radius 2 is 2.07 bits per heavy atom. The Bertz CT molecular complexity index is 896. The minimum atomic E-state index is -0.399. The summed E-state index contributed by atoms with van der Waals surface area (Å²) in [5.74, 6) is 0.121. The molecule has 28 heavy (non-hydrogen) atoms. The fourth-order valence-corrected chi connectivity index (χ4v) is 3.93. The lowest BCUT2D eigenvalue weighted by atomic mass is 10.0. The molecule has 2 saturated heterocycles.